The van der Waals surface area contributed by atoms with Crippen LogP contribution in [0.25, 0.3) is 0 Å². The van der Waals surface area contributed by atoms with Gasteiger partial charge in [-0.1, -0.05) is 45.0 Å². The number of hydrogen-bond acceptors (Lipinski definition) is 6. The molecule has 47 heavy (non-hydrogen) atoms. The first-order valence-corrected chi connectivity index (χ1v) is 15.0. The van der Waals surface area contributed by atoms with Gasteiger partial charge in [-0.15, -0.1) is 0 Å². The minimum atomic E-state index is -1.36. The smallest absolute Gasteiger partial charge is 0.336 e. The summed E-state index contributed by atoms with van der Waals surface area (Å²) in [4.78, 5) is 46.0. The molecule has 10 nitrogen and oxygen atoms in total. The summed E-state index contributed by atoms with van der Waals surface area (Å²) in [6.07, 6.45) is 1.98. The van der Waals surface area contributed by atoms with Gasteiger partial charge in [0.25, 0.3) is 0 Å². The molecular weight excluding hydrogens is 604 g/mol. The van der Waals surface area contributed by atoms with Crippen LogP contribution in [-0.4, -0.2) is 44.3 Å². The van der Waals surface area contributed by atoms with Gasteiger partial charge in [0, 0.05) is 0 Å². The number of aromatic carboxylic acids is 4. The molecule has 4 N–H and O–H groups in total. The molecule has 4 atom stereocenters. The summed E-state index contributed by atoms with van der Waals surface area (Å²) < 4.78 is 11.8. The maximum absolute atomic E-state index is 11.6. The standard InChI is InChI=1S/C37H34O10/c1-20-16-21(2)32(22-4-8-24(9-5-22)46-26-12-14-28(33(38)39)30(17-26)35(42)43)37(3,19-20)23-6-10-25(11-7-23)47-27-13-15-29(34(40)41)31(18-27)36(44)45/h4-15,17-18,20-21,32H,16,19H2,1-3H3,(H,38,39)(H,40,41)(H,42,43)(H,44,45). The highest BCUT2D eigenvalue weighted by Gasteiger charge is 2.44. The Hall–Kier alpha value is -5.64. The quantitative estimate of drug-likeness (QED) is 0.133. The molecule has 1 aliphatic carbocycles. The first-order valence-electron chi connectivity index (χ1n) is 15.0. The van der Waals surface area contributed by atoms with Gasteiger partial charge < -0.3 is 29.9 Å². The number of hydrogen-bond donors (Lipinski definition) is 4. The average molecular weight is 639 g/mol. The number of carboxylic acid groups (broad SMARTS) is 4. The maximum Gasteiger partial charge on any atom is 0.336 e. The molecule has 0 spiro atoms. The van der Waals surface area contributed by atoms with Crippen molar-refractivity contribution >= 4 is 23.9 Å². The summed E-state index contributed by atoms with van der Waals surface area (Å²) >= 11 is 0. The van der Waals surface area contributed by atoms with Crippen molar-refractivity contribution in [2.75, 3.05) is 0 Å². The van der Waals surface area contributed by atoms with Crippen LogP contribution in [0.4, 0.5) is 0 Å². The predicted octanol–water partition coefficient (Wildman–Crippen LogP) is 8.17. The Morgan fingerprint density at radius 3 is 1.43 bits per heavy atom. The second-order valence-corrected chi connectivity index (χ2v) is 12.4. The zero-order valence-corrected chi connectivity index (χ0v) is 26.0. The highest BCUT2D eigenvalue weighted by atomic mass is 16.5. The first-order chi connectivity index (χ1) is 22.3. The van der Waals surface area contributed by atoms with Crippen LogP contribution in [0.3, 0.4) is 0 Å². The average Bonchev–Trinajstić information content (AvgIpc) is 3.01. The SMILES string of the molecule is CC1CC(C)C(c2ccc(Oc3ccc(C(=O)O)c(C(=O)O)c3)cc2)C(C)(c2ccc(Oc3ccc(C(=O)O)c(C(=O)O)c3)cc2)C1. The van der Waals surface area contributed by atoms with Crippen molar-refractivity contribution in [3.05, 3.63) is 118 Å². The van der Waals surface area contributed by atoms with Gasteiger partial charge in [0.05, 0.1) is 22.3 Å². The minimum absolute atomic E-state index is 0.148. The molecule has 0 radical (unpaired) electrons. The van der Waals surface area contributed by atoms with Crippen molar-refractivity contribution in [3.8, 4) is 23.0 Å². The third-order valence-electron chi connectivity index (χ3n) is 8.93. The van der Waals surface area contributed by atoms with Crippen molar-refractivity contribution in [2.24, 2.45) is 11.8 Å². The summed E-state index contributed by atoms with van der Waals surface area (Å²) in [5.41, 5.74) is 0.630. The third kappa shape index (κ3) is 6.81. The molecule has 4 aromatic rings. The topological polar surface area (TPSA) is 168 Å². The largest absolute Gasteiger partial charge is 0.478 e. The lowest BCUT2D eigenvalue weighted by Gasteiger charge is -2.48. The van der Waals surface area contributed by atoms with Crippen molar-refractivity contribution in [1.29, 1.82) is 0 Å². The molecule has 5 rings (SSSR count). The molecule has 0 aliphatic heterocycles. The molecule has 4 aromatic carbocycles. The Labute approximate surface area is 270 Å². The van der Waals surface area contributed by atoms with Crippen LogP contribution >= 0.6 is 0 Å². The predicted molar refractivity (Wildman–Crippen MR) is 171 cm³/mol. The van der Waals surface area contributed by atoms with E-state index in [4.69, 9.17) is 9.47 Å². The fourth-order valence-electron chi connectivity index (χ4n) is 7.15. The second-order valence-electron chi connectivity index (χ2n) is 12.4. The normalized spacial score (nSPS) is 20.6. The summed E-state index contributed by atoms with van der Waals surface area (Å²) in [5.74, 6) is -3.03. The van der Waals surface area contributed by atoms with Gasteiger partial charge in [0.1, 0.15) is 23.0 Å². The van der Waals surface area contributed by atoms with Crippen LogP contribution in [-0.2, 0) is 5.41 Å². The second kappa shape index (κ2) is 13.0. The van der Waals surface area contributed by atoms with E-state index in [9.17, 15) is 39.6 Å². The summed E-state index contributed by atoms with van der Waals surface area (Å²) in [5, 5.41) is 37.5. The van der Waals surface area contributed by atoms with Crippen LogP contribution in [0.15, 0.2) is 84.9 Å². The van der Waals surface area contributed by atoms with E-state index in [1.807, 2.05) is 48.5 Å². The van der Waals surface area contributed by atoms with E-state index >= 15 is 0 Å². The van der Waals surface area contributed by atoms with Gasteiger partial charge in [-0.05, 0) is 108 Å². The molecule has 0 bridgehead atoms. The van der Waals surface area contributed by atoms with Crippen molar-refractivity contribution in [3.63, 3.8) is 0 Å². The van der Waals surface area contributed by atoms with Gasteiger partial charge in [-0.3, -0.25) is 0 Å². The molecule has 1 aliphatic rings. The lowest BCUT2D eigenvalue weighted by Crippen LogP contribution is -2.40. The van der Waals surface area contributed by atoms with E-state index in [0.29, 0.717) is 23.3 Å². The summed E-state index contributed by atoms with van der Waals surface area (Å²) in [6, 6.07) is 23.0. The fourth-order valence-corrected chi connectivity index (χ4v) is 7.15. The van der Waals surface area contributed by atoms with Crippen LogP contribution < -0.4 is 9.47 Å². The van der Waals surface area contributed by atoms with E-state index in [1.54, 1.807) is 0 Å². The summed E-state index contributed by atoms with van der Waals surface area (Å²) in [7, 11) is 0. The molecule has 10 heteroatoms. The Morgan fingerprint density at radius 1 is 0.596 bits per heavy atom. The Balaban J connectivity index is 1.39. The molecule has 4 unspecified atom stereocenters. The lowest BCUT2D eigenvalue weighted by molar-refractivity contribution is 0.0651. The van der Waals surface area contributed by atoms with Crippen LogP contribution in [0.2, 0.25) is 0 Å². The maximum atomic E-state index is 11.6. The highest BCUT2D eigenvalue weighted by molar-refractivity contribution is 6.02. The number of rotatable bonds is 10. The van der Waals surface area contributed by atoms with Gasteiger partial charge in [0.15, 0.2) is 0 Å². The molecular formula is C37H34O10. The lowest BCUT2D eigenvalue weighted by atomic mass is 9.55. The summed E-state index contributed by atoms with van der Waals surface area (Å²) in [6.45, 7) is 6.76. The molecule has 1 saturated carbocycles. The monoisotopic (exact) mass is 638 g/mol. The Bertz CT molecular complexity index is 1840. The van der Waals surface area contributed by atoms with Gasteiger partial charge in [-0.25, -0.2) is 19.2 Å². The van der Waals surface area contributed by atoms with Crippen LogP contribution in [0.1, 0.15) is 92.1 Å². The van der Waals surface area contributed by atoms with Crippen LogP contribution in [0, 0.1) is 11.8 Å². The zero-order chi connectivity index (χ0) is 34.0. The number of carboxylic acids is 4. The molecule has 0 heterocycles. The van der Waals surface area contributed by atoms with Crippen molar-refractivity contribution < 1.29 is 49.1 Å². The number of benzene rings is 4. The zero-order valence-electron chi connectivity index (χ0n) is 26.0. The minimum Gasteiger partial charge on any atom is -0.478 e. The Morgan fingerprint density at radius 2 is 1.00 bits per heavy atom. The molecule has 1 fully saturated rings. The van der Waals surface area contributed by atoms with Crippen LogP contribution in [0.5, 0.6) is 23.0 Å². The van der Waals surface area contributed by atoms with Gasteiger partial charge in [-0.2, -0.15) is 0 Å². The van der Waals surface area contributed by atoms with E-state index in [-0.39, 0.29) is 45.1 Å². The van der Waals surface area contributed by atoms with Crippen molar-refractivity contribution in [1.82, 2.24) is 0 Å². The van der Waals surface area contributed by atoms with Crippen molar-refractivity contribution in [2.45, 2.75) is 44.9 Å². The number of carbonyl (C=O) groups is 4. The highest BCUT2D eigenvalue weighted by Crippen LogP contribution is 2.53. The fraction of sp³-hybridized carbons (Fsp3) is 0.243. The van der Waals surface area contributed by atoms with Gasteiger partial charge in [0.2, 0.25) is 0 Å². The Kier molecular flexibility index (Phi) is 9.05. The third-order valence-corrected chi connectivity index (χ3v) is 8.93. The van der Waals surface area contributed by atoms with E-state index in [0.717, 1.165) is 24.0 Å². The van der Waals surface area contributed by atoms with E-state index in [1.165, 1.54) is 36.4 Å². The van der Waals surface area contributed by atoms with Gasteiger partial charge >= 0.3 is 23.9 Å². The van der Waals surface area contributed by atoms with E-state index < -0.39 is 23.9 Å². The van der Waals surface area contributed by atoms with E-state index in [2.05, 4.69) is 20.8 Å². The molecule has 0 aromatic heterocycles. The first kappa shape index (κ1) is 32.7. The molecule has 242 valence electrons. The molecule has 0 saturated heterocycles. The number of ether oxygens (including phenoxy) is 2. The molecule has 0 amide bonds.